The first-order valence-corrected chi connectivity index (χ1v) is 6.94. The summed E-state index contributed by atoms with van der Waals surface area (Å²) in [6, 6.07) is 6.77. The first-order valence-electron chi connectivity index (χ1n) is 6.94. The number of ether oxygens (including phenoxy) is 1. The van der Waals surface area contributed by atoms with Crippen molar-refractivity contribution in [2.75, 3.05) is 0 Å². The van der Waals surface area contributed by atoms with Gasteiger partial charge in [0.05, 0.1) is 5.69 Å². The Balaban J connectivity index is 2.67. The van der Waals surface area contributed by atoms with Gasteiger partial charge in [-0.3, -0.25) is 9.36 Å². The molecule has 0 aliphatic rings. The molecule has 23 heavy (non-hydrogen) atoms. The summed E-state index contributed by atoms with van der Waals surface area (Å²) in [5.74, 6) is -0.798. The fourth-order valence-corrected chi connectivity index (χ4v) is 1.93. The second kappa shape index (κ2) is 5.72. The number of halogens is 3. The summed E-state index contributed by atoms with van der Waals surface area (Å²) < 4.78 is 45.6. The van der Waals surface area contributed by atoms with Gasteiger partial charge in [-0.25, -0.2) is 4.98 Å². The molecule has 0 saturated carbocycles. The molecule has 0 radical (unpaired) electrons. The lowest BCUT2D eigenvalue weighted by molar-refractivity contribution is -0.143. The van der Waals surface area contributed by atoms with Gasteiger partial charge in [-0.1, -0.05) is 17.7 Å². The van der Waals surface area contributed by atoms with Crippen molar-refractivity contribution in [1.29, 1.82) is 0 Å². The summed E-state index contributed by atoms with van der Waals surface area (Å²) in [6.07, 6.45) is -3.91. The highest BCUT2D eigenvalue weighted by Gasteiger charge is 2.39. The number of alkyl halides is 3. The van der Waals surface area contributed by atoms with Gasteiger partial charge in [-0.2, -0.15) is 13.2 Å². The second-order valence-electron chi connectivity index (χ2n) is 6.15. The first-order chi connectivity index (χ1) is 10.5. The molecule has 2 rings (SSSR count). The van der Waals surface area contributed by atoms with E-state index in [9.17, 15) is 18.0 Å². The minimum Gasteiger partial charge on any atom is -0.481 e. The van der Waals surface area contributed by atoms with Crippen molar-refractivity contribution in [3.05, 3.63) is 52.2 Å². The molecule has 0 unspecified atom stereocenters. The highest BCUT2D eigenvalue weighted by Crippen LogP contribution is 2.33. The van der Waals surface area contributed by atoms with Crippen molar-refractivity contribution in [2.45, 2.75) is 39.5 Å². The van der Waals surface area contributed by atoms with Gasteiger partial charge in [0.1, 0.15) is 11.9 Å². The van der Waals surface area contributed by atoms with E-state index in [2.05, 4.69) is 4.98 Å². The first kappa shape index (κ1) is 17.1. The van der Waals surface area contributed by atoms with Crippen LogP contribution in [-0.4, -0.2) is 15.2 Å². The van der Waals surface area contributed by atoms with Gasteiger partial charge in [-0.15, -0.1) is 0 Å². The zero-order valence-electron chi connectivity index (χ0n) is 13.2. The molecule has 0 atom stereocenters. The van der Waals surface area contributed by atoms with Crippen molar-refractivity contribution in [1.82, 2.24) is 9.55 Å². The van der Waals surface area contributed by atoms with Gasteiger partial charge in [0.25, 0.3) is 0 Å². The molecule has 0 spiro atoms. The average molecular weight is 326 g/mol. The van der Waals surface area contributed by atoms with Crippen LogP contribution in [0.1, 0.15) is 32.0 Å². The smallest absolute Gasteiger partial charge is 0.437 e. The van der Waals surface area contributed by atoms with E-state index in [1.807, 2.05) is 6.92 Å². The molecule has 0 aliphatic heterocycles. The minimum absolute atomic E-state index is 0.417. The summed E-state index contributed by atoms with van der Waals surface area (Å²) in [6.45, 7) is 6.56. The van der Waals surface area contributed by atoms with Crippen LogP contribution in [0.25, 0.3) is 5.69 Å². The Morgan fingerprint density at radius 3 is 2.13 bits per heavy atom. The summed E-state index contributed by atoms with van der Waals surface area (Å²) in [5, 5.41) is 0. The minimum atomic E-state index is -4.77. The molecule has 1 aromatic heterocycles. The molecule has 0 fully saturated rings. The number of aromatic nitrogens is 2. The van der Waals surface area contributed by atoms with Crippen LogP contribution in [0.2, 0.25) is 0 Å². The van der Waals surface area contributed by atoms with Crippen LogP contribution >= 0.6 is 0 Å². The van der Waals surface area contributed by atoms with Crippen LogP contribution in [0.5, 0.6) is 5.75 Å². The van der Waals surface area contributed by atoms with Crippen LogP contribution in [0, 0.1) is 6.92 Å². The fraction of sp³-hybridized carbons (Fsp3) is 0.375. The normalized spacial score (nSPS) is 12.3. The number of aryl methyl sites for hydroxylation is 1. The quantitative estimate of drug-likeness (QED) is 0.844. The lowest BCUT2D eigenvalue weighted by Crippen LogP contribution is -2.32. The summed E-state index contributed by atoms with van der Waals surface area (Å²) in [7, 11) is 0. The van der Waals surface area contributed by atoms with E-state index in [4.69, 9.17) is 4.74 Å². The third-order valence-corrected chi connectivity index (χ3v) is 2.92. The van der Waals surface area contributed by atoms with Gasteiger partial charge < -0.3 is 4.74 Å². The molecule has 1 aromatic carbocycles. The summed E-state index contributed by atoms with van der Waals surface area (Å²) >= 11 is 0. The standard InChI is InChI=1S/C16H17F3N2O2/c1-10-5-7-11(8-6-10)21-9-20-13(16(17,18)19)12(14(21)22)23-15(2,3)4/h5-9H,1-4H3. The van der Waals surface area contributed by atoms with Crippen molar-refractivity contribution >= 4 is 0 Å². The Bertz CT molecular complexity index is 757. The van der Waals surface area contributed by atoms with E-state index in [0.717, 1.165) is 16.5 Å². The summed E-state index contributed by atoms with van der Waals surface area (Å²) in [5.41, 5.74) is -1.80. The highest BCUT2D eigenvalue weighted by atomic mass is 19.4. The van der Waals surface area contributed by atoms with Crippen molar-refractivity contribution in [2.24, 2.45) is 0 Å². The molecule has 1 heterocycles. The average Bonchev–Trinajstić information content (AvgIpc) is 2.39. The lowest BCUT2D eigenvalue weighted by Gasteiger charge is -2.23. The number of hydrogen-bond donors (Lipinski definition) is 0. The van der Waals surface area contributed by atoms with Gasteiger partial charge in [-0.05, 0) is 39.8 Å². The maximum Gasteiger partial charge on any atom is 0.437 e. The fourth-order valence-electron chi connectivity index (χ4n) is 1.93. The van der Waals surface area contributed by atoms with Crippen LogP contribution in [-0.2, 0) is 6.18 Å². The monoisotopic (exact) mass is 326 g/mol. The highest BCUT2D eigenvalue weighted by molar-refractivity contribution is 5.37. The van der Waals surface area contributed by atoms with Gasteiger partial charge in [0.2, 0.25) is 5.75 Å². The van der Waals surface area contributed by atoms with Crippen molar-refractivity contribution < 1.29 is 17.9 Å². The Labute approximate surface area is 131 Å². The number of rotatable bonds is 2. The molecule has 4 nitrogen and oxygen atoms in total. The predicted octanol–water partition coefficient (Wildman–Crippen LogP) is 3.74. The van der Waals surface area contributed by atoms with Crippen LogP contribution < -0.4 is 10.3 Å². The molecule has 0 N–H and O–H groups in total. The van der Waals surface area contributed by atoms with E-state index in [-0.39, 0.29) is 0 Å². The third kappa shape index (κ3) is 3.91. The topological polar surface area (TPSA) is 44.1 Å². The van der Waals surface area contributed by atoms with E-state index in [1.54, 1.807) is 45.0 Å². The number of nitrogens with zero attached hydrogens (tertiary/aromatic N) is 2. The zero-order chi connectivity index (χ0) is 17.4. The Morgan fingerprint density at radius 2 is 1.65 bits per heavy atom. The van der Waals surface area contributed by atoms with Gasteiger partial charge in [0.15, 0.2) is 5.69 Å². The third-order valence-electron chi connectivity index (χ3n) is 2.92. The molecule has 124 valence electrons. The van der Waals surface area contributed by atoms with Gasteiger partial charge in [0, 0.05) is 0 Å². The van der Waals surface area contributed by atoms with Crippen LogP contribution in [0.3, 0.4) is 0 Å². The van der Waals surface area contributed by atoms with E-state index < -0.39 is 28.8 Å². The van der Waals surface area contributed by atoms with E-state index >= 15 is 0 Å². The molecule has 2 aromatic rings. The van der Waals surface area contributed by atoms with E-state index in [0.29, 0.717) is 5.69 Å². The van der Waals surface area contributed by atoms with Crippen LogP contribution in [0.4, 0.5) is 13.2 Å². The molecule has 0 saturated heterocycles. The molecular weight excluding hydrogens is 309 g/mol. The summed E-state index contributed by atoms with van der Waals surface area (Å²) in [4.78, 5) is 15.9. The maximum atomic E-state index is 13.1. The number of hydrogen-bond acceptors (Lipinski definition) is 3. The molecule has 0 bridgehead atoms. The van der Waals surface area contributed by atoms with Crippen LogP contribution in [0.15, 0.2) is 35.4 Å². The maximum absolute atomic E-state index is 13.1. The SMILES string of the molecule is Cc1ccc(-n2cnc(C(F)(F)F)c(OC(C)(C)C)c2=O)cc1. The predicted molar refractivity (Wildman–Crippen MR) is 80.0 cm³/mol. The van der Waals surface area contributed by atoms with Crippen molar-refractivity contribution in [3.8, 4) is 11.4 Å². The largest absolute Gasteiger partial charge is 0.481 e. The Morgan fingerprint density at radius 1 is 1.09 bits per heavy atom. The zero-order valence-corrected chi connectivity index (χ0v) is 13.2. The molecule has 0 aliphatic carbocycles. The molecule has 0 amide bonds. The Kier molecular flexibility index (Phi) is 4.24. The molecular formula is C16H17F3N2O2. The molecule has 7 heteroatoms. The van der Waals surface area contributed by atoms with E-state index in [1.165, 1.54) is 0 Å². The van der Waals surface area contributed by atoms with Crippen molar-refractivity contribution in [3.63, 3.8) is 0 Å². The lowest BCUT2D eigenvalue weighted by atomic mass is 10.2. The number of benzene rings is 1. The van der Waals surface area contributed by atoms with Gasteiger partial charge >= 0.3 is 11.7 Å². The second-order valence-corrected chi connectivity index (χ2v) is 6.15. The Hall–Kier alpha value is -2.31.